The minimum Gasteiger partial charge on any atom is -0.497 e. The molecule has 1 saturated carbocycles. The number of amides is 1. The van der Waals surface area contributed by atoms with Crippen LogP contribution in [0.1, 0.15) is 29.9 Å². The van der Waals surface area contributed by atoms with Crippen LogP contribution < -0.4 is 10.1 Å². The fourth-order valence-corrected chi connectivity index (χ4v) is 4.87. The Morgan fingerprint density at radius 2 is 1.84 bits per heavy atom. The number of methoxy groups -OCH3 is 1. The maximum Gasteiger partial charge on any atom is 0.226 e. The van der Waals surface area contributed by atoms with Gasteiger partial charge in [-0.2, -0.15) is 0 Å². The van der Waals surface area contributed by atoms with Crippen molar-refractivity contribution >= 4 is 5.91 Å². The molecule has 1 saturated heterocycles. The molecule has 2 aromatic rings. The summed E-state index contributed by atoms with van der Waals surface area (Å²) in [6.07, 6.45) is 1.70. The van der Waals surface area contributed by atoms with E-state index in [4.69, 9.17) is 4.74 Å². The van der Waals surface area contributed by atoms with Gasteiger partial charge in [0, 0.05) is 44.7 Å². The second kappa shape index (κ2) is 9.79. The summed E-state index contributed by atoms with van der Waals surface area (Å²) < 4.78 is 18.8. The molecule has 6 heteroatoms. The predicted molar refractivity (Wildman–Crippen MR) is 120 cm³/mol. The van der Waals surface area contributed by atoms with E-state index >= 15 is 0 Å². The van der Waals surface area contributed by atoms with Gasteiger partial charge in [-0.25, -0.2) is 4.39 Å². The van der Waals surface area contributed by atoms with Crippen molar-refractivity contribution in [1.82, 2.24) is 15.1 Å². The van der Waals surface area contributed by atoms with Crippen LogP contribution in [0.5, 0.6) is 5.75 Å². The van der Waals surface area contributed by atoms with E-state index in [2.05, 4.69) is 29.4 Å². The summed E-state index contributed by atoms with van der Waals surface area (Å²) in [5, 5.41) is 3.57. The van der Waals surface area contributed by atoms with Crippen molar-refractivity contribution in [2.24, 2.45) is 5.92 Å². The second-order valence-electron chi connectivity index (χ2n) is 8.79. The number of carbonyl (C=O) groups excluding carboxylic acids is 1. The van der Waals surface area contributed by atoms with Crippen LogP contribution in [0.4, 0.5) is 4.39 Å². The predicted octanol–water partition coefficient (Wildman–Crippen LogP) is 3.26. The smallest absolute Gasteiger partial charge is 0.226 e. The van der Waals surface area contributed by atoms with Crippen LogP contribution in [-0.4, -0.2) is 62.1 Å². The first-order chi connectivity index (χ1) is 15.0. The van der Waals surface area contributed by atoms with E-state index in [1.165, 1.54) is 11.6 Å². The van der Waals surface area contributed by atoms with Crippen molar-refractivity contribution in [3.8, 4) is 5.75 Å². The van der Waals surface area contributed by atoms with Gasteiger partial charge in [0.25, 0.3) is 0 Å². The standard InChI is InChI=1S/C25H32FN3O2/c1-28-10-12-29(13-11-28)25(30)24-16-21(27-17-18-4-3-5-20(26)14-18)15-23(24)19-6-8-22(31-2)9-7-19/h3-9,14,21,23-24,27H,10-13,15-17H2,1-2H3/t21-,23+,24-/m0/s1. The Balaban J connectivity index is 1.48. The lowest BCUT2D eigenvalue weighted by molar-refractivity contribution is -0.137. The summed E-state index contributed by atoms with van der Waals surface area (Å²) in [5.41, 5.74) is 2.11. The number of nitrogens with one attached hydrogen (secondary N) is 1. The summed E-state index contributed by atoms with van der Waals surface area (Å²) in [6, 6.07) is 15.0. The lowest BCUT2D eigenvalue weighted by atomic mass is 9.87. The van der Waals surface area contributed by atoms with Crippen LogP contribution in [-0.2, 0) is 11.3 Å². The van der Waals surface area contributed by atoms with Gasteiger partial charge in [0.2, 0.25) is 5.91 Å². The summed E-state index contributed by atoms with van der Waals surface area (Å²) in [5.74, 6) is 1.00. The molecule has 1 aliphatic heterocycles. The fourth-order valence-electron chi connectivity index (χ4n) is 4.87. The summed E-state index contributed by atoms with van der Waals surface area (Å²) >= 11 is 0. The molecule has 1 N–H and O–H groups in total. The van der Waals surface area contributed by atoms with Crippen LogP contribution in [0.25, 0.3) is 0 Å². The summed E-state index contributed by atoms with van der Waals surface area (Å²) in [4.78, 5) is 17.8. The van der Waals surface area contributed by atoms with Crippen molar-refractivity contribution in [2.75, 3.05) is 40.3 Å². The number of hydrogen-bond acceptors (Lipinski definition) is 4. The average molecular weight is 426 g/mol. The Labute approximate surface area is 184 Å². The molecule has 4 rings (SSSR count). The molecule has 0 aromatic heterocycles. The molecule has 2 aromatic carbocycles. The van der Waals surface area contributed by atoms with Gasteiger partial charge < -0.3 is 19.9 Å². The number of ether oxygens (including phenoxy) is 1. The third kappa shape index (κ3) is 5.25. The quantitative estimate of drug-likeness (QED) is 0.772. The van der Waals surface area contributed by atoms with Crippen molar-refractivity contribution in [3.05, 3.63) is 65.5 Å². The normalized spacial score (nSPS) is 24.4. The van der Waals surface area contributed by atoms with Crippen LogP contribution >= 0.6 is 0 Å². The zero-order valence-electron chi connectivity index (χ0n) is 18.4. The zero-order chi connectivity index (χ0) is 21.8. The van der Waals surface area contributed by atoms with Crippen LogP contribution in [0.15, 0.2) is 48.5 Å². The number of halogens is 1. The van der Waals surface area contributed by atoms with Crippen LogP contribution in [0.2, 0.25) is 0 Å². The first-order valence-electron chi connectivity index (χ1n) is 11.1. The molecule has 3 atom stereocenters. The SMILES string of the molecule is COc1ccc([C@H]2C[C@H](NCc3cccc(F)c3)C[C@@H]2C(=O)N2CCN(C)CC2)cc1. The minimum atomic E-state index is -0.218. The number of hydrogen-bond donors (Lipinski definition) is 1. The van der Waals surface area contributed by atoms with Gasteiger partial charge >= 0.3 is 0 Å². The molecule has 0 unspecified atom stereocenters. The number of likely N-dealkylation sites (N-methyl/N-ethyl adjacent to an activating group) is 1. The van der Waals surface area contributed by atoms with E-state index in [1.807, 2.05) is 23.1 Å². The largest absolute Gasteiger partial charge is 0.497 e. The number of benzene rings is 2. The monoisotopic (exact) mass is 425 g/mol. The fraction of sp³-hybridized carbons (Fsp3) is 0.480. The molecule has 166 valence electrons. The van der Waals surface area contributed by atoms with E-state index in [0.717, 1.165) is 50.3 Å². The van der Waals surface area contributed by atoms with E-state index in [9.17, 15) is 9.18 Å². The maximum atomic E-state index is 13.5. The first kappa shape index (κ1) is 21.8. The Morgan fingerprint density at radius 1 is 1.10 bits per heavy atom. The average Bonchev–Trinajstić information content (AvgIpc) is 3.22. The van der Waals surface area contributed by atoms with Crippen molar-refractivity contribution < 1.29 is 13.9 Å². The Bertz CT molecular complexity index is 881. The van der Waals surface area contributed by atoms with Gasteiger partial charge in [-0.15, -0.1) is 0 Å². The lowest BCUT2D eigenvalue weighted by Gasteiger charge is -2.35. The van der Waals surface area contributed by atoms with Gasteiger partial charge in [0.15, 0.2) is 0 Å². The minimum absolute atomic E-state index is 0.0400. The van der Waals surface area contributed by atoms with Gasteiger partial charge in [-0.05, 0) is 61.2 Å². The molecule has 1 aliphatic carbocycles. The Morgan fingerprint density at radius 3 is 2.52 bits per heavy atom. The van der Waals surface area contributed by atoms with Crippen LogP contribution in [0, 0.1) is 11.7 Å². The van der Waals surface area contributed by atoms with E-state index in [1.54, 1.807) is 19.2 Å². The number of carbonyl (C=O) groups is 1. The highest BCUT2D eigenvalue weighted by molar-refractivity contribution is 5.80. The molecule has 1 amide bonds. The van der Waals surface area contributed by atoms with E-state index in [0.29, 0.717) is 6.54 Å². The van der Waals surface area contributed by atoms with Gasteiger partial charge in [-0.3, -0.25) is 4.79 Å². The maximum absolute atomic E-state index is 13.5. The van der Waals surface area contributed by atoms with E-state index < -0.39 is 0 Å². The highest BCUT2D eigenvalue weighted by Gasteiger charge is 2.41. The van der Waals surface area contributed by atoms with E-state index in [-0.39, 0.29) is 29.6 Å². The van der Waals surface area contributed by atoms with Gasteiger partial charge in [0.1, 0.15) is 11.6 Å². The molecule has 31 heavy (non-hydrogen) atoms. The first-order valence-corrected chi connectivity index (χ1v) is 11.1. The molecule has 2 fully saturated rings. The Hall–Kier alpha value is -2.44. The molecule has 1 heterocycles. The molecular formula is C25H32FN3O2. The van der Waals surface area contributed by atoms with Gasteiger partial charge in [0.05, 0.1) is 7.11 Å². The molecule has 0 radical (unpaired) electrons. The Kier molecular flexibility index (Phi) is 6.88. The van der Waals surface area contributed by atoms with Crippen molar-refractivity contribution in [3.63, 3.8) is 0 Å². The summed E-state index contributed by atoms with van der Waals surface area (Å²) in [6.45, 7) is 4.04. The number of nitrogens with zero attached hydrogens (tertiary/aromatic N) is 2. The van der Waals surface area contributed by atoms with Gasteiger partial charge in [-0.1, -0.05) is 24.3 Å². The zero-order valence-corrected chi connectivity index (χ0v) is 18.4. The molecule has 0 bridgehead atoms. The number of rotatable bonds is 6. The highest BCUT2D eigenvalue weighted by atomic mass is 19.1. The summed E-state index contributed by atoms with van der Waals surface area (Å²) in [7, 11) is 3.76. The van der Waals surface area contributed by atoms with Crippen LogP contribution in [0.3, 0.4) is 0 Å². The molecule has 0 spiro atoms. The molecule has 5 nitrogen and oxygen atoms in total. The third-order valence-corrected chi connectivity index (χ3v) is 6.72. The second-order valence-corrected chi connectivity index (χ2v) is 8.79. The number of piperazine rings is 1. The topological polar surface area (TPSA) is 44.8 Å². The third-order valence-electron chi connectivity index (χ3n) is 6.72. The highest BCUT2D eigenvalue weighted by Crippen LogP contribution is 2.41. The molecule has 2 aliphatic rings. The molecular weight excluding hydrogens is 393 g/mol. The van der Waals surface area contributed by atoms with Crippen molar-refractivity contribution in [2.45, 2.75) is 31.3 Å². The van der Waals surface area contributed by atoms with Crippen molar-refractivity contribution in [1.29, 1.82) is 0 Å². The lowest BCUT2D eigenvalue weighted by Crippen LogP contribution is -2.49.